The van der Waals surface area contributed by atoms with Crippen molar-refractivity contribution in [3.8, 4) is 0 Å². The Bertz CT molecular complexity index is 731. The van der Waals surface area contributed by atoms with E-state index in [4.69, 9.17) is 17.3 Å². The summed E-state index contributed by atoms with van der Waals surface area (Å²) in [5.74, 6) is -0.779. The van der Waals surface area contributed by atoms with Crippen LogP contribution in [0.2, 0.25) is 5.02 Å². The highest BCUT2D eigenvalue weighted by Gasteiger charge is 2.25. The molecule has 1 amide bonds. The lowest BCUT2D eigenvalue weighted by Crippen LogP contribution is -2.37. The second-order valence-electron chi connectivity index (χ2n) is 4.32. The Kier molecular flexibility index (Phi) is 4.62. The fourth-order valence-corrected chi connectivity index (χ4v) is 3.09. The van der Waals surface area contributed by atoms with E-state index in [1.165, 1.54) is 24.3 Å². The van der Waals surface area contributed by atoms with Gasteiger partial charge in [0, 0.05) is 5.02 Å². The zero-order valence-corrected chi connectivity index (χ0v) is 12.4. The lowest BCUT2D eigenvalue weighted by molar-refractivity contribution is -0.119. The number of rotatable bonds is 5. The van der Waals surface area contributed by atoms with E-state index in [2.05, 4.69) is 4.72 Å². The summed E-state index contributed by atoms with van der Waals surface area (Å²) in [6.45, 7) is 0. The quantitative estimate of drug-likeness (QED) is 0.879. The van der Waals surface area contributed by atoms with E-state index in [1.54, 1.807) is 30.3 Å². The number of carbonyl (C=O) groups is 1. The molecule has 0 aliphatic heterocycles. The average Bonchev–Trinajstić information content (AvgIpc) is 2.46. The minimum atomic E-state index is -3.88. The molecule has 110 valence electrons. The molecule has 0 bridgehead atoms. The molecule has 3 N–H and O–H groups in total. The van der Waals surface area contributed by atoms with Crippen LogP contribution in [0, 0.1) is 0 Å². The highest BCUT2D eigenvalue weighted by Crippen LogP contribution is 2.18. The van der Waals surface area contributed by atoms with Crippen LogP contribution in [0.1, 0.15) is 11.6 Å². The molecule has 0 heterocycles. The predicted molar refractivity (Wildman–Crippen MR) is 80.2 cm³/mol. The largest absolute Gasteiger partial charge is 0.368 e. The van der Waals surface area contributed by atoms with Gasteiger partial charge in [0.05, 0.1) is 4.90 Å². The second kappa shape index (κ2) is 6.26. The van der Waals surface area contributed by atoms with Crippen LogP contribution in [0.25, 0.3) is 0 Å². The molecular formula is C14H13ClN2O3S. The summed E-state index contributed by atoms with van der Waals surface area (Å²) in [5, 5.41) is 0.420. The first-order chi connectivity index (χ1) is 9.90. The van der Waals surface area contributed by atoms with E-state index in [1.807, 2.05) is 0 Å². The van der Waals surface area contributed by atoms with E-state index in [-0.39, 0.29) is 4.90 Å². The summed E-state index contributed by atoms with van der Waals surface area (Å²) in [4.78, 5) is 11.5. The molecule has 2 rings (SSSR count). The van der Waals surface area contributed by atoms with E-state index >= 15 is 0 Å². The number of benzene rings is 2. The van der Waals surface area contributed by atoms with Crippen molar-refractivity contribution in [2.75, 3.05) is 0 Å². The van der Waals surface area contributed by atoms with Crippen molar-refractivity contribution in [3.63, 3.8) is 0 Å². The fraction of sp³-hybridized carbons (Fsp3) is 0.0714. The van der Waals surface area contributed by atoms with Gasteiger partial charge in [0.1, 0.15) is 6.04 Å². The highest BCUT2D eigenvalue weighted by molar-refractivity contribution is 7.89. The van der Waals surface area contributed by atoms with Gasteiger partial charge in [-0.25, -0.2) is 8.42 Å². The standard InChI is InChI=1S/C14H13ClN2O3S/c15-11-6-8-12(9-7-11)21(19,20)17-13(14(16)18)10-4-2-1-3-5-10/h1-9,13,17H,(H2,16,18)/t13-/m0/s1. The van der Waals surface area contributed by atoms with Crippen LogP contribution >= 0.6 is 11.6 Å². The molecule has 2 aromatic carbocycles. The lowest BCUT2D eigenvalue weighted by Gasteiger charge is -2.16. The van der Waals surface area contributed by atoms with Crippen molar-refractivity contribution in [1.29, 1.82) is 0 Å². The zero-order chi connectivity index (χ0) is 15.5. The zero-order valence-electron chi connectivity index (χ0n) is 10.9. The maximum absolute atomic E-state index is 12.3. The van der Waals surface area contributed by atoms with Gasteiger partial charge in [0.15, 0.2) is 0 Å². The molecule has 1 atom stereocenters. The van der Waals surface area contributed by atoms with Crippen LogP contribution in [0.3, 0.4) is 0 Å². The molecular weight excluding hydrogens is 312 g/mol. The summed E-state index contributed by atoms with van der Waals surface area (Å²) in [6, 6.07) is 12.9. The molecule has 0 aliphatic carbocycles. The molecule has 7 heteroatoms. The number of nitrogens with two attached hydrogens (primary N) is 1. The number of hydrogen-bond donors (Lipinski definition) is 2. The first kappa shape index (κ1) is 15.5. The van der Waals surface area contributed by atoms with Crippen molar-refractivity contribution in [1.82, 2.24) is 4.72 Å². The second-order valence-corrected chi connectivity index (χ2v) is 6.47. The molecule has 0 fully saturated rings. The highest BCUT2D eigenvalue weighted by atomic mass is 35.5. The van der Waals surface area contributed by atoms with Gasteiger partial charge in [0.25, 0.3) is 0 Å². The fourth-order valence-electron chi connectivity index (χ4n) is 1.77. The van der Waals surface area contributed by atoms with Crippen LogP contribution in [0.4, 0.5) is 0 Å². The summed E-state index contributed by atoms with van der Waals surface area (Å²) >= 11 is 5.72. The van der Waals surface area contributed by atoms with E-state index in [0.717, 1.165) is 0 Å². The SMILES string of the molecule is NC(=O)[C@@H](NS(=O)(=O)c1ccc(Cl)cc1)c1ccccc1. The van der Waals surface area contributed by atoms with Crippen molar-refractivity contribution in [2.24, 2.45) is 5.73 Å². The molecule has 0 unspecified atom stereocenters. The minimum absolute atomic E-state index is 0.00841. The predicted octanol–water partition coefficient (Wildman–Crippen LogP) is 1.84. The number of halogens is 1. The Morgan fingerprint density at radius 2 is 1.62 bits per heavy atom. The first-order valence-corrected chi connectivity index (χ1v) is 7.88. The van der Waals surface area contributed by atoms with E-state index < -0.39 is 22.0 Å². The summed E-state index contributed by atoms with van der Waals surface area (Å²) < 4.78 is 26.8. The van der Waals surface area contributed by atoms with Crippen molar-refractivity contribution < 1.29 is 13.2 Å². The van der Waals surface area contributed by atoms with E-state index in [9.17, 15) is 13.2 Å². The number of sulfonamides is 1. The van der Waals surface area contributed by atoms with Gasteiger partial charge in [-0.1, -0.05) is 41.9 Å². The molecule has 0 aromatic heterocycles. The van der Waals surface area contributed by atoms with Crippen molar-refractivity contribution >= 4 is 27.5 Å². The molecule has 0 radical (unpaired) electrons. The van der Waals surface area contributed by atoms with Gasteiger partial charge < -0.3 is 5.73 Å². The maximum Gasteiger partial charge on any atom is 0.241 e. The Morgan fingerprint density at radius 1 is 1.05 bits per heavy atom. The van der Waals surface area contributed by atoms with Crippen LogP contribution in [0.5, 0.6) is 0 Å². The third-order valence-electron chi connectivity index (χ3n) is 2.81. The molecule has 5 nitrogen and oxygen atoms in total. The Balaban J connectivity index is 2.32. The summed E-state index contributed by atoms with van der Waals surface area (Å²) in [7, 11) is -3.88. The lowest BCUT2D eigenvalue weighted by atomic mass is 10.1. The van der Waals surface area contributed by atoms with E-state index in [0.29, 0.717) is 10.6 Å². The number of hydrogen-bond acceptors (Lipinski definition) is 3. The normalized spacial score (nSPS) is 12.8. The molecule has 0 saturated carbocycles. The van der Waals surface area contributed by atoms with Crippen molar-refractivity contribution in [3.05, 3.63) is 65.2 Å². The van der Waals surface area contributed by atoms with Gasteiger partial charge in [-0.15, -0.1) is 0 Å². The first-order valence-electron chi connectivity index (χ1n) is 6.02. The summed E-state index contributed by atoms with van der Waals surface area (Å²) in [5.41, 5.74) is 5.77. The smallest absolute Gasteiger partial charge is 0.241 e. The minimum Gasteiger partial charge on any atom is -0.368 e. The third kappa shape index (κ3) is 3.81. The Hall–Kier alpha value is -1.89. The van der Waals surface area contributed by atoms with Crippen LogP contribution in [0.15, 0.2) is 59.5 Å². The third-order valence-corrected chi connectivity index (χ3v) is 4.51. The number of amides is 1. The van der Waals surface area contributed by atoms with Crippen LogP contribution in [-0.2, 0) is 14.8 Å². The molecule has 0 spiro atoms. The molecule has 21 heavy (non-hydrogen) atoms. The van der Waals surface area contributed by atoms with Gasteiger partial charge in [-0.2, -0.15) is 4.72 Å². The van der Waals surface area contributed by atoms with Gasteiger partial charge in [-0.3, -0.25) is 4.79 Å². The Labute approximate surface area is 127 Å². The van der Waals surface area contributed by atoms with Gasteiger partial charge in [0.2, 0.25) is 15.9 Å². The molecule has 0 aliphatic rings. The molecule has 0 saturated heterocycles. The van der Waals surface area contributed by atoms with Gasteiger partial charge in [-0.05, 0) is 29.8 Å². The number of carbonyl (C=O) groups excluding carboxylic acids is 1. The van der Waals surface area contributed by atoms with Crippen LogP contribution < -0.4 is 10.5 Å². The average molecular weight is 325 g/mol. The van der Waals surface area contributed by atoms with Gasteiger partial charge >= 0.3 is 0 Å². The number of primary amides is 1. The topological polar surface area (TPSA) is 89.3 Å². The maximum atomic E-state index is 12.3. The van der Waals surface area contributed by atoms with Crippen molar-refractivity contribution in [2.45, 2.75) is 10.9 Å². The Morgan fingerprint density at radius 3 is 2.14 bits per heavy atom. The summed E-state index contributed by atoms with van der Waals surface area (Å²) in [6.07, 6.45) is 0. The monoisotopic (exact) mass is 324 g/mol. The van der Waals surface area contributed by atoms with Crippen LogP contribution in [-0.4, -0.2) is 14.3 Å². The number of nitrogens with one attached hydrogen (secondary N) is 1. The molecule has 2 aromatic rings.